The minimum atomic E-state index is -3.97. The zero-order valence-corrected chi connectivity index (χ0v) is 19.6. The number of sulfonamides is 1. The number of benzene rings is 2. The van der Waals surface area contributed by atoms with Gasteiger partial charge in [0.1, 0.15) is 10.7 Å². The Kier molecular flexibility index (Phi) is 7.80. The molecule has 1 saturated heterocycles. The standard InChI is InChI=1S/C21H23Cl2FN2O5S/c1-31-21(8-11-27)6-9-26(10-7-21)32(29,30)19-12-14(2-4-16(19)22)20(28)25-15-3-5-18(24)17(23)13-15/h2-5,12-13,27H,6-11H2,1H3,(H,25,28). The van der Waals surface area contributed by atoms with Gasteiger partial charge in [0, 0.05) is 38.1 Å². The van der Waals surface area contributed by atoms with Crippen LogP contribution in [0.5, 0.6) is 0 Å². The maximum atomic E-state index is 13.3. The van der Waals surface area contributed by atoms with Gasteiger partial charge in [-0.25, -0.2) is 12.8 Å². The summed E-state index contributed by atoms with van der Waals surface area (Å²) in [6.07, 6.45) is 1.26. The number of hydrogen-bond donors (Lipinski definition) is 2. The molecule has 1 aliphatic heterocycles. The molecule has 1 fully saturated rings. The first kappa shape index (κ1) is 24.9. The van der Waals surface area contributed by atoms with Crippen molar-refractivity contribution in [1.82, 2.24) is 4.31 Å². The average molecular weight is 505 g/mol. The van der Waals surface area contributed by atoms with Gasteiger partial charge in [-0.2, -0.15) is 4.31 Å². The van der Waals surface area contributed by atoms with E-state index in [1.54, 1.807) is 7.11 Å². The largest absolute Gasteiger partial charge is 0.396 e. The number of carbonyl (C=O) groups excluding carboxylic acids is 1. The molecule has 0 radical (unpaired) electrons. The molecule has 3 rings (SSSR count). The normalized spacial score (nSPS) is 16.7. The van der Waals surface area contributed by atoms with Crippen LogP contribution in [-0.2, 0) is 14.8 Å². The van der Waals surface area contributed by atoms with Gasteiger partial charge in [0.15, 0.2) is 0 Å². The number of aliphatic hydroxyl groups excluding tert-OH is 1. The van der Waals surface area contributed by atoms with Gasteiger partial charge in [-0.3, -0.25) is 4.79 Å². The average Bonchev–Trinajstić information content (AvgIpc) is 2.77. The summed E-state index contributed by atoms with van der Waals surface area (Å²) in [5, 5.41) is 11.7. The lowest BCUT2D eigenvalue weighted by Gasteiger charge is -2.40. The Morgan fingerprint density at radius 1 is 1.19 bits per heavy atom. The number of nitrogens with one attached hydrogen (secondary N) is 1. The molecule has 0 aromatic heterocycles. The van der Waals surface area contributed by atoms with Gasteiger partial charge in [0.25, 0.3) is 5.91 Å². The van der Waals surface area contributed by atoms with E-state index in [1.807, 2.05) is 0 Å². The van der Waals surface area contributed by atoms with E-state index in [2.05, 4.69) is 5.32 Å². The molecule has 1 heterocycles. The van der Waals surface area contributed by atoms with Crippen LogP contribution in [0.2, 0.25) is 10.0 Å². The van der Waals surface area contributed by atoms with Crippen molar-refractivity contribution in [3.63, 3.8) is 0 Å². The van der Waals surface area contributed by atoms with Crippen molar-refractivity contribution in [1.29, 1.82) is 0 Å². The van der Waals surface area contributed by atoms with Crippen LogP contribution in [0.25, 0.3) is 0 Å². The van der Waals surface area contributed by atoms with Crippen molar-refractivity contribution < 1.29 is 27.4 Å². The van der Waals surface area contributed by atoms with Crippen LogP contribution in [-0.4, -0.2) is 56.1 Å². The van der Waals surface area contributed by atoms with E-state index in [9.17, 15) is 22.7 Å². The zero-order valence-electron chi connectivity index (χ0n) is 17.3. The molecule has 32 heavy (non-hydrogen) atoms. The first-order valence-corrected chi connectivity index (χ1v) is 12.0. The number of ether oxygens (including phenoxy) is 1. The first-order chi connectivity index (χ1) is 15.1. The van der Waals surface area contributed by atoms with Crippen LogP contribution < -0.4 is 5.32 Å². The molecule has 174 valence electrons. The fraction of sp³-hybridized carbons (Fsp3) is 0.381. The van der Waals surface area contributed by atoms with Gasteiger partial charge in [-0.15, -0.1) is 0 Å². The Balaban J connectivity index is 1.81. The van der Waals surface area contributed by atoms with Gasteiger partial charge in [0.05, 0.1) is 15.6 Å². The molecule has 2 aromatic rings. The second kappa shape index (κ2) is 10.0. The number of amides is 1. The summed E-state index contributed by atoms with van der Waals surface area (Å²) in [6.45, 7) is 0.330. The molecule has 0 atom stereocenters. The quantitative estimate of drug-likeness (QED) is 0.595. The third kappa shape index (κ3) is 5.24. The first-order valence-electron chi connectivity index (χ1n) is 9.84. The molecule has 2 aromatic carbocycles. The summed E-state index contributed by atoms with van der Waals surface area (Å²) in [4.78, 5) is 12.4. The van der Waals surface area contributed by atoms with E-state index in [0.717, 1.165) is 6.07 Å². The maximum Gasteiger partial charge on any atom is 0.255 e. The second-order valence-electron chi connectivity index (χ2n) is 7.49. The summed E-state index contributed by atoms with van der Waals surface area (Å²) in [6, 6.07) is 7.66. The molecular formula is C21H23Cl2FN2O5S. The topological polar surface area (TPSA) is 95.9 Å². The number of methoxy groups -OCH3 is 1. The lowest BCUT2D eigenvalue weighted by molar-refractivity contribution is -0.0598. The predicted octanol–water partition coefficient (Wildman–Crippen LogP) is 3.94. The second-order valence-corrected chi connectivity index (χ2v) is 10.2. The van der Waals surface area contributed by atoms with Crippen molar-refractivity contribution >= 4 is 44.8 Å². The molecular weight excluding hydrogens is 482 g/mol. The Bertz CT molecular complexity index is 1110. The number of anilines is 1. The van der Waals surface area contributed by atoms with E-state index >= 15 is 0 Å². The molecule has 0 bridgehead atoms. The van der Waals surface area contributed by atoms with Crippen LogP contribution >= 0.6 is 23.2 Å². The highest BCUT2D eigenvalue weighted by molar-refractivity contribution is 7.89. The SMILES string of the molecule is COC1(CCO)CCN(S(=O)(=O)c2cc(C(=O)Nc3ccc(F)c(Cl)c3)ccc2Cl)CC1. The van der Waals surface area contributed by atoms with Crippen molar-refractivity contribution in [3.05, 3.63) is 57.8 Å². The van der Waals surface area contributed by atoms with Gasteiger partial charge < -0.3 is 15.2 Å². The van der Waals surface area contributed by atoms with E-state index in [0.29, 0.717) is 19.3 Å². The Morgan fingerprint density at radius 2 is 1.88 bits per heavy atom. The number of rotatable bonds is 7. The van der Waals surface area contributed by atoms with E-state index in [-0.39, 0.29) is 45.9 Å². The van der Waals surface area contributed by atoms with Gasteiger partial charge in [-0.05, 0) is 55.7 Å². The minimum absolute atomic E-state index is 0.00897. The van der Waals surface area contributed by atoms with Crippen molar-refractivity contribution in [2.24, 2.45) is 0 Å². The Hall–Kier alpha value is -1.75. The smallest absolute Gasteiger partial charge is 0.255 e. The van der Waals surface area contributed by atoms with E-state index < -0.39 is 27.3 Å². The Labute approximate surface area is 196 Å². The molecule has 0 spiro atoms. The highest BCUT2D eigenvalue weighted by atomic mass is 35.5. The van der Waals surface area contributed by atoms with E-state index in [4.69, 9.17) is 27.9 Å². The fourth-order valence-electron chi connectivity index (χ4n) is 3.65. The van der Waals surface area contributed by atoms with Crippen LogP contribution in [0, 0.1) is 5.82 Å². The summed E-state index contributed by atoms with van der Waals surface area (Å²) in [5.41, 5.74) is -0.239. The monoisotopic (exact) mass is 504 g/mol. The molecule has 1 aliphatic rings. The molecule has 7 nitrogen and oxygen atoms in total. The van der Waals surface area contributed by atoms with Crippen LogP contribution in [0.1, 0.15) is 29.6 Å². The van der Waals surface area contributed by atoms with Crippen LogP contribution in [0.3, 0.4) is 0 Å². The van der Waals surface area contributed by atoms with Gasteiger partial charge in [-0.1, -0.05) is 23.2 Å². The highest BCUT2D eigenvalue weighted by Crippen LogP contribution is 2.33. The van der Waals surface area contributed by atoms with E-state index in [1.165, 1.54) is 34.6 Å². The molecule has 2 N–H and O–H groups in total. The predicted molar refractivity (Wildman–Crippen MR) is 120 cm³/mol. The molecule has 0 aliphatic carbocycles. The maximum absolute atomic E-state index is 13.3. The fourth-order valence-corrected chi connectivity index (χ4v) is 5.77. The molecule has 0 saturated carbocycles. The Morgan fingerprint density at radius 3 is 2.47 bits per heavy atom. The highest BCUT2D eigenvalue weighted by Gasteiger charge is 2.39. The molecule has 11 heteroatoms. The van der Waals surface area contributed by atoms with Gasteiger partial charge in [0.2, 0.25) is 10.0 Å². The lowest BCUT2D eigenvalue weighted by Crippen LogP contribution is -2.48. The number of aliphatic hydroxyl groups is 1. The number of hydrogen-bond acceptors (Lipinski definition) is 5. The van der Waals surface area contributed by atoms with Gasteiger partial charge >= 0.3 is 0 Å². The number of piperidine rings is 1. The zero-order chi connectivity index (χ0) is 23.5. The summed E-state index contributed by atoms with van der Waals surface area (Å²) >= 11 is 11.9. The number of nitrogens with zero attached hydrogens (tertiary/aromatic N) is 1. The lowest BCUT2D eigenvalue weighted by atomic mass is 9.89. The summed E-state index contributed by atoms with van der Waals surface area (Å²) in [7, 11) is -2.43. The number of carbonyl (C=O) groups is 1. The van der Waals surface area contributed by atoms with Crippen molar-refractivity contribution in [2.75, 3.05) is 32.1 Å². The number of halogens is 3. The van der Waals surface area contributed by atoms with Crippen molar-refractivity contribution in [2.45, 2.75) is 29.8 Å². The van der Waals surface area contributed by atoms with Crippen molar-refractivity contribution in [3.8, 4) is 0 Å². The third-order valence-corrected chi connectivity index (χ3v) is 8.29. The summed E-state index contributed by atoms with van der Waals surface area (Å²) in [5.74, 6) is -1.22. The third-order valence-electron chi connectivity index (χ3n) is 5.62. The molecule has 1 amide bonds. The van der Waals surface area contributed by atoms with Crippen LogP contribution in [0.4, 0.5) is 10.1 Å². The van der Waals surface area contributed by atoms with Crippen LogP contribution in [0.15, 0.2) is 41.3 Å². The summed E-state index contributed by atoms with van der Waals surface area (Å²) < 4.78 is 46.6. The molecule has 0 unspecified atom stereocenters. The minimum Gasteiger partial charge on any atom is -0.396 e.